The minimum atomic E-state index is -0.113. The number of nitrogens with zero attached hydrogens (tertiary/aromatic N) is 2. The molecule has 0 saturated heterocycles. The molecule has 0 saturated carbocycles. The molecule has 0 aliphatic heterocycles. The molecule has 6 heteroatoms. The SMILES string of the molecule is Cc1csc2nc(-c3ccc(Br)cn3)[nH]c(=O)c12. The van der Waals surface area contributed by atoms with Gasteiger partial charge < -0.3 is 4.98 Å². The molecule has 0 bridgehead atoms. The Morgan fingerprint density at radius 2 is 2.22 bits per heavy atom. The molecule has 3 aromatic heterocycles. The summed E-state index contributed by atoms with van der Waals surface area (Å²) in [4.78, 5) is 24.2. The zero-order valence-electron chi connectivity index (χ0n) is 9.40. The lowest BCUT2D eigenvalue weighted by atomic mass is 10.2. The van der Waals surface area contributed by atoms with E-state index in [0.29, 0.717) is 16.9 Å². The number of rotatable bonds is 1. The van der Waals surface area contributed by atoms with E-state index < -0.39 is 0 Å². The summed E-state index contributed by atoms with van der Waals surface area (Å²) in [5, 5.41) is 2.60. The summed E-state index contributed by atoms with van der Waals surface area (Å²) in [5.41, 5.74) is 1.50. The first-order valence-electron chi connectivity index (χ1n) is 5.25. The summed E-state index contributed by atoms with van der Waals surface area (Å²) in [6.07, 6.45) is 1.68. The third kappa shape index (κ3) is 1.87. The first-order valence-corrected chi connectivity index (χ1v) is 6.92. The molecule has 3 heterocycles. The first kappa shape index (κ1) is 11.6. The van der Waals surface area contributed by atoms with Gasteiger partial charge >= 0.3 is 0 Å². The van der Waals surface area contributed by atoms with Crippen LogP contribution in [0.2, 0.25) is 0 Å². The topological polar surface area (TPSA) is 58.6 Å². The Hall–Kier alpha value is -1.53. The minimum absolute atomic E-state index is 0.113. The second-order valence-corrected chi connectivity index (χ2v) is 5.65. The summed E-state index contributed by atoms with van der Waals surface area (Å²) in [6, 6.07) is 3.68. The van der Waals surface area contributed by atoms with Crippen molar-refractivity contribution in [3.63, 3.8) is 0 Å². The maximum absolute atomic E-state index is 12.0. The number of hydrogen-bond acceptors (Lipinski definition) is 4. The number of H-pyrrole nitrogens is 1. The van der Waals surface area contributed by atoms with Gasteiger partial charge in [-0.25, -0.2) is 4.98 Å². The van der Waals surface area contributed by atoms with Crippen molar-refractivity contribution >= 4 is 37.5 Å². The van der Waals surface area contributed by atoms with Gasteiger partial charge in [-0.3, -0.25) is 9.78 Å². The van der Waals surface area contributed by atoms with Crippen LogP contribution in [0.3, 0.4) is 0 Å². The van der Waals surface area contributed by atoms with Crippen LogP contribution in [0.25, 0.3) is 21.7 Å². The maximum atomic E-state index is 12.0. The zero-order valence-corrected chi connectivity index (χ0v) is 11.8. The molecule has 0 aliphatic rings. The van der Waals surface area contributed by atoms with E-state index in [0.717, 1.165) is 14.9 Å². The fourth-order valence-electron chi connectivity index (χ4n) is 1.73. The summed E-state index contributed by atoms with van der Waals surface area (Å²) < 4.78 is 0.890. The third-order valence-electron chi connectivity index (χ3n) is 2.60. The van der Waals surface area contributed by atoms with Gasteiger partial charge in [-0.15, -0.1) is 11.3 Å². The standard InChI is InChI=1S/C12H8BrN3OS/c1-6-5-18-12-9(6)11(17)15-10(16-12)8-3-2-7(13)4-14-8/h2-5H,1H3,(H,15,16,17). The van der Waals surface area contributed by atoms with Gasteiger partial charge in [0.05, 0.1) is 5.39 Å². The maximum Gasteiger partial charge on any atom is 0.260 e. The average molecular weight is 322 g/mol. The Morgan fingerprint density at radius 3 is 2.94 bits per heavy atom. The van der Waals surface area contributed by atoms with Crippen molar-refractivity contribution in [2.45, 2.75) is 6.92 Å². The van der Waals surface area contributed by atoms with Crippen molar-refractivity contribution in [2.24, 2.45) is 0 Å². The van der Waals surface area contributed by atoms with Gasteiger partial charge in [0.25, 0.3) is 5.56 Å². The highest BCUT2D eigenvalue weighted by Crippen LogP contribution is 2.22. The molecule has 0 atom stereocenters. The molecule has 0 spiro atoms. The molecular formula is C12H8BrN3OS. The van der Waals surface area contributed by atoms with Crippen LogP contribution in [0.4, 0.5) is 0 Å². The van der Waals surface area contributed by atoms with Crippen LogP contribution in [0.5, 0.6) is 0 Å². The largest absolute Gasteiger partial charge is 0.305 e. The molecule has 0 aromatic carbocycles. The van der Waals surface area contributed by atoms with Crippen LogP contribution in [-0.4, -0.2) is 15.0 Å². The molecule has 90 valence electrons. The van der Waals surface area contributed by atoms with Gasteiger partial charge in [-0.05, 0) is 45.9 Å². The highest BCUT2D eigenvalue weighted by molar-refractivity contribution is 9.10. The minimum Gasteiger partial charge on any atom is -0.305 e. The Kier molecular flexibility index (Phi) is 2.76. The fraction of sp³-hybridized carbons (Fsp3) is 0.0833. The van der Waals surface area contributed by atoms with E-state index in [1.807, 2.05) is 24.4 Å². The van der Waals surface area contributed by atoms with E-state index in [2.05, 4.69) is 30.9 Å². The van der Waals surface area contributed by atoms with Gasteiger partial charge in [0, 0.05) is 10.7 Å². The van der Waals surface area contributed by atoms with Gasteiger partial charge in [-0.1, -0.05) is 0 Å². The smallest absolute Gasteiger partial charge is 0.260 e. The number of fused-ring (bicyclic) bond motifs is 1. The lowest BCUT2D eigenvalue weighted by Crippen LogP contribution is -2.09. The highest BCUT2D eigenvalue weighted by Gasteiger charge is 2.10. The van der Waals surface area contributed by atoms with Crippen molar-refractivity contribution < 1.29 is 0 Å². The fourth-order valence-corrected chi connectivity index (χ4v) is 2.88. The molecule has 0 radical (unpaired) electrons. The molecule has 1 N–H and O–H groups in total. The quantitative estimate of drug-likeness (QED) is 0.749. The lowest BCUT2D eigenvalue weighted by molar-refractivity contribution is 1.14. The number of aromatic nitrogens is 3. The number of aromatic amines is 1. The van der Waals surface area contributed by atoms with E-state index in [4.69, 9.17) is 0 Å². The van der Waals surface area contributed by atoms with Crippen LogP contribution in [0.1, 0.15) is 5.56 Å². The molecule has 0 fully saturated rings. The van der Waals surface area contributed by atoms with Gasteiger partial charge in [0.2, 0.25) is 0 Å². The van der Waals surface area contributed by atoms with Crippen LogP contribution < -0.4 is 5.56 Å². The number of thiophene rings is 1. The number of halogens is 1. The Bertz CT molecular complexity index is 776. The van der Waals surface area contributed by atoms with Crippen LogP contribution >= 0.6 is 27.3 Å². The van der Waals surface area contributed by atoms with E-state index in [1.165, 1.54) is 11.3 Å². The molecule has 0 amide bonds. The zero-order chi connectivity index (χ0) is 12.7. The Balaban J connectivity index is 2.25. The molecule has 18 heavy (non-hydrogen) atoms. The molecule has 3 aromatic rings. The van der Waals surface area contributed by atoms with Crippen molar-refractivity contribution in [3.8, 4) is 11.5 Å². The summed E-state index contributed by atoms with van der Waals surface area (Å²) >= 11 is 4.79. The highest BCUT2D eigenvalue weighted by atomic mass is 79.9. The van der Waals surface area contributed by atoms with E-state index >= 15 is 0 Å². The number of hydrogen-bond donors (Lipinski definition) is 1. The van der Waals surface area contributed by atoms with Gasteiger partial charge in [-0.2, -0.15) is 0 Å². The Morgan fingerprint density at radius 1 is 1.39 bits per heavy atom. The summed E-state index contributed by atoms with van der Waals surface area (Å²) in [5.74, 6) is 0.502. The van der Waals surface area contributed by atoms with Crippen LogP contribution in [0.15, 0.2) is 33.0 Å². The first-order chi connectivity index (χ1) is 8.65. The molecule has 4 nitrogen and oxygen atoms in total. The third-order valence-corrected chi connectivity index (χ3v) is 4.06. The van der Waals surface area contributed by atoms with Crippen molar-refractivity contribution in [2.75, 3.05) is 0 Å². The molecule has 3 rings (SSSR count). The monoisotopic (exact) mass is 321 g/mol. The van der Waals surface area contributed by atoms with Crippen molar-refractivity contribution in [1.29, 1.82) is 0 Å². The van der Waals surface area contributed by atoms with Crippen molar-refractivity contribution in [1.82, 2.24) is 15.0 Å². The van der Waals surface area contributed by atoms with E-state index in [-0.39, 0.29) is 5.56 Å². The van der Waals surface area contributed by atoms with Crippen molar-refractivity contribution in [3.05, 3.63) is 44.1 Å². The summed E-state index contributed by atoms with van der Waals surface area (Å²) in [6.45, 7) is 1.91. The molecular weight excluding hydrogens is 314 g/mol. The van der Waals surface area contributed by atoms with Crippen LogP contribution in [0, 0.1) is 6.92 Å². The second kappa shape index (κ2) is 4.29. The van der Waals surface area contributed by atoms with E-state index in [9.17, 15) is 4.79 Å². The van der Waals surface area contributed by atoms with Gasteiger partial charge in [0.1, 0.15) is 10.5 Å². The predicted octanol–water partition coefficient (Wildman–Crippen LogP) is 3.12. The Labute approximate surface area is 115 Å². The number of aryl methyl sites for hydroxylation is 1. The molecule has 0 aliphatic carbocycles. The normalized spacial score (nSPS) is 11.0. The van der Waals surface area contributed by atoms with E-state index in [1.54, 1.807) is 6.20 Å². The second-order valence-electron chi connectivity index (χ2n) is 3.88. The number of pyridine rings is 1. The van der Waals surface area contributed by atoms with Crippen LogP contribution in [-0.2, 0) is 0 Å². The average Bonchev–Trinajstić information content (AvgIpc) is 2.72. The van der Waals surface area contributed by atoms with Gasteiger partial charge in [0.15, 0.2) is 5.82 Å². The predicted molar refractivity (Wildman–Crippen MR) is 75.9 cm³/mol. The number of nitrogens with one attached hydrogen (secondary N) is 1. The molecule has 0 unspecified atom stereocenters. The summed E-state index contributed by atoms with van der Waals surface area (Å²) in [7, 11) is 0. The lowest BCUT2D eigenvalue weighted by Gasteiger charge is -2.00.